The predicted molar refractivity (Wildman–Crippen MR) is 71.8 cm³/mol. The lowest BCUT2D eigenvalue weighted by molar-refractivity contribution is 0.580. The standard InChI is InChI=1S/C12H9ClF2N2O2S/c13-8-1-4-10(5-2-8)20(18,19)17-16-12-6-3-9(14)7-11(12)15/h1-7,16-17H. The van der Waals surface area contributed by atoms with Crippen molar-refractivity contribution in [1.29, 1.82) is 0 Å². The first-order valence-corrected chi connectivity index (χ1v) is 7.23. The maximum absolute atomic E-state index is 13.3. The molecule has 2 aromatic rings. The summed E-state index contributed by atoms with van der Waals surface area (Å²) in [4.78, 5) is 1.94. The van der Waals surface area contributed by atoms with Crippen LogP contribution in [0.3, 0.4) is 0 Å². The summed E-state index contributed by atoms with van der Waals surface area (Å²) in [6.45, 7) is 0. The molecule has 0 bridgehead atoms. The van der Waals surface area contributed by atoms with E-state index >= 15 is 0 Å². The van der Waals surface area contributed by atoms with Crippen LogP contribution in [0.15, 0.2) is 47.4 Å². The molecule has 106 valence electrons. The van der Waals surface area contributed by atoms with Gasteiger partial charge in [0.05, 0.1) is 10.6 Å². The smallest absolute Gasteiger partial charge is 0.257 e. The van der Waals surface area contributed by atoms with E-state index in [0.717, 1.165) is 12.1 Å². The van der Waals surface area contributed by atoms with Crippen LogP contribution in [-0.4, -0.2) is 8.42 Å². The van der Waals surface area contributed by atoms with Crippen LogP contribution in [0.1, 0.15) is 0 Å². The van der Waals surface area contributed by atoms with Crippen LogP contribution in [0.25, 0.3) is 0 Å². The van der Waals surface area contributed by atoms with Crippen molar-refractivity contribution in [3.63, 3.8) is 0 Å². The molecule has 2 rings (SSSR count). The number of sulfonamides is 1. The van der Waals surface area contributed by atoms with Gasteiger partial charge in [0, 0.05) is 11.1 Å². The minimum atomic E-state index is -3.88. The van der Waals surface area contributed by atoms with Gasteiger partial charge in [0.1, 0.15) is 5.82 Å². The van der Waals surface area contributed by atoms with E-state index in [9.17, 15) is 17.2 Å². The first-order valence-electron chi connectivity index (χ1n) is 5.37. The Kier molecular flexibility index (Phi) is 4.22. The van der Waals surface area contributed by atoms with E-state index in [1.807, 2.05) is 4.83 Å². The van der Waals surface area contributed by atoms with Gasteiger partial charge in [-0.15, -0.1) is 4.83 Å². The number of hydrogen-bond acceptors (Lipinski definition) is 3. The summed E-state index contributed by atoms with van der Waals surface area (Å²) in [5, 5.41) is 0.390. The Morgan fingerprint density at radius 3 is 2.25 bits per heavy atom. The van der Waals surface area contributed by atoms with Gasteiger partial charge in [-0.3, -0.25) is 0 Å². The SMILES string of the molecule is O=S(=O)(NNc1ccc(F)cc1F)c1ccc(Cl)cc1. The fraction of sp³-hybridized carbons (Fsp3) is 0. The maximum atomic E-state index is 13.3. The van der Waals surface area contributed by atoms with Crippen LogP contribution < -0.4 is 10.3 Å². The zero-order valence-electron chi connectivity index (χ0n) is 9.90. The lowest BCUT2D eigenvalue weighted by atomic mass is 10.3. The Bertz CT molecular complexity index is 721. The molecule has 2 N–H and O–H groups in total. The van der Waals surface area contributed by atoms with Gasteiger partial charge in [0.15, 0.2) is 5.82 Å². The predicted octanol–water partition coefficient (Wildman–Crippen LogP) is 2.92. The Morgan fingerprint density at radius 1 is 1.00 bits per heavy atom. The van der Waals surface area contributed by atoms with Gasteiger partial charge in [0.2, 0.25) is 0 Å². The fourth-order valence-electron chi connectivity index (χ4n) is 1.39. The van der Waals surface area contributed by atoms with Crippen LogP contribution in [0.2, 0.25) is 5.02 Å². The summed E-state index contributed by atoms with van der Waals surface area (Å²) in [6, 6.07) is 8.14. The van der Waals surface area contributed by atoms with Crippen molar-refractivity contribution >= 4 is 27.3 Å². The van der Waals surface area contributed by atoms with Crippen LogP contribution in [0.5, 0.6) is 0 Å². The Hall–Kier alpha value is -1.70. The van der Waals surface area contributed by atoms with Crippen LogP contribution in [0.4, 0.5) is 14.5 Å². The molecule has 0 aromatic heterocycles. The number of anilines is 1. The molecule has 4 nitrogen and oxygen atoms in total. The molecule has 0 unspecified atom stereocenters. The zero-order valence-corrected chi connectivity index (χ0v) is 11.5. The lowest BCUT2D eigenvalue weighted by Crippen LogP contribution is -2.29. The van der Waals surface area contributed by atoms with E-state index < -0.39 is 21.7 Å². The molecule has 0 aliphatic carbocycles. The van der Waals surface area contributed by atoms with E-state index in [1.54, 1.807) is 0 Å². The van der Waals surface area contributed by atoms with Crippen molar-refractivity contribution in [2.24, 2.45) is 0 Å². The van der Waals surface area contributed by atoms with Crippen molar-refractivity contribution < 1.29 is 17.2 Å². The second-order valence-electron chi connectivity index (χ2n) is 3.81. The molecule has 0 fully saturated rings. The monoisotopic (exact) mass is 318 g/mol. The highest BCUT2D eigenvalue weighted by atomic mass is 35.5. The molecule has 0 radical (unpaired) electrons. The summed E-state index contributed by atoms with van der Waals surface area (Å²) >= 11 is 5.65. The maximum Gasteiger partial charge on any atom is 0.257 e. The highest BCUT2D eigenvalue weighted by Gasteiger charge is 2.14. The lowest BCUT2D eigenvalue weighted by Gasteiger charge is -2.10. The summed E-state index contributed by atoms with van der Waals surface area (Å²) in [7, 11) is -3.88. The van der Waals surface area contributed by atoms with Crippen LogP contribution in [0, 0.1) is 11.6 Å². The van der Waals surface area contributed by atoms with E-state index in [0.29, 0.717) is 11.1 Å². The summed E-state index contributed by atoms with van der Waals surface area (Å²) in [5.41, 5.74) is 1.99. The minimum absolute atomic E-state index is 0.0445. The first kappa shape index (κ1) is 14.7. The van der Waals surface area contributed by atoms with Gasteiger partial charge in [-0.05, 0) is 36.4 Å². The van der Waals surface area contributed by atoms with E-state index in [1.165, 1.54) is 24.3 Å². The molecule has 20 heavy (non-hydrogen) atoms. The third-order valence-electron chi connectivity index (χ3n) is 2.38. The quantitative estimate of drug-likeness (QED) is 0.852. The summed E-state index contributed by atoms with van der Waals surface area (Å²) in [5.74, 6) is -1.67. The largest absolute Gasteiger partial charge is 0.305 e. The molecule has 0 heterocycles. The Morgan fingerprint density at radius 2 is 1.65 bits per heavy atom. The third kappa shape index (κ3) is 3.44. The number of hydrazine groups is 1. The number of rotatable bonds is 4. The molecular weight excluding hydrogens is 310 g/mol. The highest BCUT2D eigenvalue weighted by Crippen LogP contribution is 2.16. The number of hydrogen-bond donors (Lipinski definition) is 2. The average Bonchev–Trinajstić information content (AvgIpc) is 2.38. The van der Waals surface area contributed by atoms with Gasteiger partial charge in [-0.2, -0.15) is 0 Å². The van der Waals surface area contributed by atoms with E-state index in [2.05, 4.69) is 5.43 Å². The van der Waals surface area contributed by atoms with Crippen molar-refractivity contribution in [3.8, 4) is 0 Å². The van der Waals surface area contributed by atoms with Crippen LogP contribution >= 0.6 is 11.6 Å². The van der Waals surface area contributed by atoms with Gasteiger partial charge < -0.3 is 5.43 Å². The van der Waals surface area contributed by atoms with Crippen molar-refractivity contribution in [2.75, 3.05) is 5.43 Å². The first-order chi connectivity index (χ1) is 9.38. The molecule has 0 aliphatic heterocycles. The molecule has 2 aromatic carbocycles. The number of nitrogens with one attached hydrogen (secondary N) is 2. The summed E-state index contributed by atoms with van der Waals surface area (Å²) in [6.07, 6.45) is 0. The molecule has 8 heteroatoms. The Labute approximate surface area is 119 Å². The highest BCUT2D eigenvalue weighted by molar-refractivity contribution is 7.89. The van der Waals surface area contributed by atoms with E-state index in [-0.39, 0.29) is 10.6 Å². The van der Waals surface area contributed by atoms with E-state index in [4.69, 9.17) is 11.6 Å². The van der Waals surface area contributed by atoms with Crippen molar-refractivity contribution in [1.82, 2.24) is 4.83 Å². The fourth-order valence-corrected chi connectivity index (χ4v) is 2.37. The summed E-state index contributed by atoms with van der Waals surface area (Å²) < 4.78 is 49.8. The zero-order chi connectivity index (χ0) is 14.8. The number of benzene rings is 2. The van der Waals surface area contributed by atoms with Gasteiger partial charge >= 0.3 is 0 Å². The molecule has 0 aliphatic rings. The molecule has 0 atom stereocenters. The Balaban J connectivity index is 2.15. The topological polar surface area (TPSA) is 58.2 Å². The molecule has 0 saturated heterocycles. The van der Waals surface area contributed by atoms with Gasteiger partial charge in [0.25, 0.3) is 10.0 Å². The second kappa shape index (κ2) is 5.74. The second-order valence-corrected chi connectivity index (χ2v) is 5.93. The minimum Gasteiger partial charge on any atom is -0.305 e. The normalized spacial score (nSPS) is 11.3. The molecular formula is C12H9ClF2N2O2S. The number of halogens is 3. The molecule has 0 amide bonds. The van der Waals surface area contributed by atoms with Crippen molar-refractivity contribution in [2.45, 2.75) is 4.90 Å². The van der Waals surface area contributed by atoms with Crippen LogP contribution in [-0.2, 0) is 10.0 Å². The van der Waals surface area contributed by atoms with Gasteiger partial charge in [-0.1, -0.05) is 11.6 Å². The van der Waals surface area contributed by atoms with Crippen molar-refractivity contribution in [3.05, 3.63) is 59.1 Å². The third-order valence-corrected chi connectivity index (χ3v) is 3.89. The molecule has 0 saturated carbocycles. The average molecular weight is 319 g/mol. The molecule has 0 spiro atoms. The van der Waals surface area contributed by atoms with Gasteiger partial charge in [-0.25, -0.2) is 17.2 Å².